The van der Waals surface area contributed by atoms with Gasteiger partial charge in [-0.3, -0.25) is 4.79 Å². The zero-order valence-electron chi connectivity index (χ0n) is 10.2. The Morgan fingerprint density at radius 1 is 1.19 bits per heavy atom. The first kappa shape index (κ1) is 12.2. The lowest BCUT2D eigenvalue weighted by Gasteiger charge is -2.53. The predicted molar refractivity (Wildman–Crippen MR) is 65.1 cm³/mol. The van der Waals surface area contributed by atoms with Crippen LogP contribution in [0.15, 0.2) is 0 Å². The molecule has 0 unspecified atom stereocenters. The number of rotatable bonds is 3. The second-order valence-corrected chi connectivity index (χ2v) is 6.06. The van der Waals surface area contributed by atoms with Crippen molar-refractivity contribution in [3.63, 3.8) is 0 Å². The van der Waals surface area contributed by atoms with E-state index in [-0.39, 0.29) is 5.41 Å². The molecule has 3 nitrogen and oxygen atoms in total. The maximum atomic E-state index is 12.2. The molecule has 0 aliphatic heterocycles. The Kier molecular flexibility index (Phi) is 3.19. The lowest BCUT2D eigenvalue weighted by Crippen LogP contribution is -2.51. The number of hydrogen-bond donors (Lipinski definition) is 1. The molecule has 0 radical (unpaired) electrons. The van der Waals surface area contributed by atoms with Crippen molar-refractivity contribution in [1.29, 1.82) is 0 Å². The van der Waals surface area contributed by atoms with Gasteiger partial charge in [0.1, 0.15) is 0 Å². The molecule has 3 saturated carbocycles. The Bertz CT molecular complexity index is 266. The molecule has 3 aliphatic carbocycles. The van der Waals surface area contributed by atoms with Gasteiger partial charge in [0.05, 0.1) is 0 Å². The molecule has 3 rings (SSSR count). The first-order valence-corrected chi connectivity index (χ1v) is 6.47. The molecule has 16 heavy (non-hydrogen) atoms. The Labute approximate surface area is 103 Å². The van der Waals surface area contributed by atoms with Crippen LogP contribution in [0, 0.1) is 10.8 Å². The van der Waals surface area contributed by atoms with Crippen LogP contribution in [0.1, 0.15) is 38.5 Å². The zero-order valence-corrected chi connectivity index (χ0v) is 10.9. The molecule has 92 valence electrons. The van der Waals surface area contributed by atoms with Crippen LogP contribution >= 0.6 is 11.8 Å². The molecular weight excluding hydrogens is 224 g/mol. The fraction of sp³-hybridized carbons (Fsp3) is 0.917. The number of halogens is 1. The molecule has 0 aromatic heterocycles. The molecule has 0 heterocycles. The Hall–Kier alpha value is -0.280. The maximum Gasteiger partial charge on any atom is 0.228 e. The molecule has 0 spiro atoms. The van der Waals surface area contributed by atoms with Crippen LogP contribution in [0.5, 0.6) is 0 Å². The first-order chi connectivity index (χ1) is 7.54. The molecule has 3 fully saturated rings. The number of carbonyl (C=O) groups excluding carboxylic acids is 1. The Balaban J connectivity index is 2.08. The topological polar surface area (TPSA) is 32.3 Å². The Morgan fingerprint density at radius 2 is 1.69 bits per heavy atom. The number of fused-ring (bicyclic) bond motifs is 3. The summed E-state index contributed by atoms with van der Waals surface area (Å²) < 4.78 is 0. The van der Waals surface area contributed by atoms with Gasteiger partial charge in [-0.05, 0) is 55.7 Å². The SMILES string of the molecule is CN(C)C(=O)C12CCC(CNCl)(CC1)CC2. The molecule has 0 aromatic rings. The number of amides is 1. The van der Waals surface area contributed by atoms with Gasteiger partial charge in [-0.1, -0.05) is 0 Å². The summed E-state index contributed by atoms with van der Waals surface area (Å²) in [7, 11) is 3.74. The second-order valence-electron chi connectivity index (χ2n) is 5.79. The summed E-state index contributed by atoms with van der Waals surface area (Å²) in [5.41, 5.74) is 0.327. The summed E-state index contributed by atoms with van der Waals surface area (Å²) in [5, 5.41) is 0. The third-order valence-corrected chi connectivity index (χ3v) is 4.84. The van der Waals surface area contributed by atoms with Gasteiger partial charge in [-0.15, -0.1) is 0 Å². The Morgan fingerprint density at radius 3 is 2.06 bits per heavy atom. The van der Waals surface area contributed by atoms with Crippen LogP contribution < -0.4 is 4.84 Å². The summed E-state index contributed by atoms with van der Waals surface area (Å²) in [6.45, 7) is 0.890. The molecule has 0 atom stereocenters. The van der Waals surface area contributed by atoms with Crippen molar-refractivity contribution < 1.29 is 4.79 Å². The molecular formula is C12H21ClN2O. The van der Waals surface area contributed by atoms with Gasteiger partial charge in [0.2, 0.25) is 5.91 Å². The van der Waals surface area contributed by atoms with Gasteiger partial charge >= 0.3 is 0 Å². The highest BCUT2D eigenvalue weighted by Gasteiger charge is 2.52. The van der Waals surface area contributed by atoms with Gasteiger partial charge in [0.15, 0.2) is 0 Å². The summed E-state index contributed by atoms with van der Waals surface area (Å²) in [4.78, 5) is 16.8. The van der Waals surface area contributed by atoms with E-state index in [1.165, 1.54) is 0 Å². The van der Waals surface area contributed by atoms with Gasteiger partial charge in [-0.25, -0.2) is 4.84 Å². The predicted octanol–water partition coefficient (Wildman–Crippen LogP) is 2.16. The highest BCUT2D eigenvalue weighted by molar-refractivity contribution is 6.13. The quantitative estimate of drug-likeness (QED) is 0.772. The molecule has 1 N–H and O–H groups in total. The summed E-state index contributed by atoms with van der Waals surface area (Å²) >= 11 is 5.64. The van der Waals surface area contributed by atoms with E-state index in [4.69, 9.17) is 11.8 Å². The van der Waals surface area contributed by atoms with Crippen LogP contribution in [0.2, 0.25) is 0 Å². The van der Waals surface area contributed by atoms with Crippen molar-refractivity contribution in [2.24, 2.45) is 10.8 Å². The van der Waals surface area contributed by atoms with Crippen LogP contribution in [0.25, 0.3) is 0 Å². The monoisotopic (exact) mass is 244 g/mol. The molecule has 4 heteroatoms. The van der Waals surface area contributed by atoms with Crippen molar-refractivity contribution in [1.82, 2.24) is 9.74 Å². The maximum absolute atomic E-state index is 12.2. The van der Waals surface area contributed by atoms with Gasteiger partial charge < -0.3 is 4.90 Å². The number of hydrogen-bond acceptors (Lipinski definition) is 2. The van der Waals surface area contributed by atoms with Crippen LogP contribution in [0.4, 0.5) is 0 Å². The minimum atomic E-state index is -0.0441. The zero-order chi connectivity index (χ0) is 11.8. The fourth-order valence-corrected chi connectivity index (χ4v) is 3.75. The van der Waals surface area contributed by atoms with Gasteiger partial charge in [0, 0.05) is 26.1 Å². The normalized spacial score (nSPS) is 37.4. The van der Waals surface area contributed by atoms with Gasteiger partial charge in [-0.2, -0.15) is 0 Å². The second kappa shape index (κ2) is 4.19. The van der Waals surface area contributed by atoms with Crippen LogP contribution in [-0.4, -0.2) is 31.4 Å². The van der Waals surface area contributed by atoms with E-state index in [0.717, 1.165) is 45.1 Å². The molecule has 0 saturated heterocycles. The molecule has 0 aromatic carbocycles. The third-order valence-electron chi connectivity index (χ3n) is 4.70. The van der Waals surface area contributed by atoms with Crippen molar-refractivity contribution in [3.05, 3.63) is 0 Å². The van der Waals surface area contributed by atoms with Crippen molar-refractivity contribution >= 4 is 17.7 Å². The standard InChI is InChI=1S/C12H21ClN2O/c1-15(2)10(16)12-6-3-11(4-7-12,5-8-12)9-14-13/h14H,3-9H2,1-2H3. The van der Waals surface area contributed by atoms with Crippen molar-refractivity contribution in [2.75, 3.05) is 20.6 Å². The summed E-state index contributed by atoms with van der Waals surface area (Å²) in [6, 6.07) is 0. The van der Waals surface area contributed by atoms with E-state index in [1.807, 2.05) is 14.1 Å². The average Bonchev–Trinajstić information content (AvgIpc) is 2.30. The van der Waals surface area contributed by atoms with E-state index < -0.39 is 0 Å². The lowest BCUT2D eigenvalue weighted by molar-refractivity contribution is -0.148. The van der Waals surface area contributed by atoms with Crippen LogP contribution in [-0.2, 0) is 4.79 Å². The molecule has 3 aliphatic rings. The van der Waals surface area contributed by atoms with Crippen molar-refractivity contribution in [3.8, 4) is 0 Å². The molecule has 1 amide bonds. The van der Waals surface area contributed by atoms with E-state index in [0.29, 0.717) is 11.3 Å². The number of carbonyl (C=O) groups is 1. The van der Waals surface area contributed by atoms with E-state index in [9.17, 15) is 4.79 Å². The highest BCUT2D eigenvalue weighted by Crippen LogP contribution is 2.57. The fourth-order valence-electron chi connectivity index (χ4n) is 3.47. The highest BCUT2D eigenvalue weighted by atomic mass is 35.5. The number of nitrogens with zero attached hydrogens (tertiary/aromatic N) is 1. The van der Waals surface area contributed by atoms with Gasteiger partial charge in [0.25, 0.3) is 0 Å². The summed E-state index contributed by atoms with van der Waals surface area (Å²) in [5.74, 6) is 0.333. The van der Waals surface area contributed by atoms with Crippen molar-refractivity contribution in [2.45, 2.75) is 38.5 Å². The smallest absolute Gasteiger partial charge is 0.228 e. The third kappa shape index (κ3) is 1.84. The average molecular weight is 245 g/mol. The van der Waals surface area contributed by atoms with E-state index in [2.05, 4.69) is 4.84 Å². The number of nitrogens with one attached hydrogen (secondary N) is 1. The summed E-state index contributed by atoms with van der Waals surface area (Å²) in [6.07, 6.45) is 6.57. The first-order valence-electron chi connectivity index (χ1n) is 6.09. The van der Waals surface area contributed by atoms with Crippen LogP contribution in [0.3, 0.4) is 0 Å². The minimum Gasteiger partial charge on any atom is -0.348 e. The van der Waals surface area contributed by atoms with E-state index >= 15 is 0 Å². The minimum absolute atomic E-state index is 0.0441. The lowest BCUT2D eigenvalue weighted by atomic mass is 9.53. The molecule has 2 bridgehead atoms. The van der Waals surface area contributed by atoms with E-state index in [1.54, 1.807) is 4.90 Å². The largest absolute Gasteiger partial charge is 0.348 e.